The molecule has 0 aromatic heterocycles. The van der Waals surface area contributed by atoms with Gasteiger partial charge < -0.3 is 15.0 Å². The van der Waals surface area contributed by atoms with Crippen LogP contribution in [0.2, 0.25) is 0 Å². The van der Waals surface area contributed by atoms with Gasteiger partial charge in [0.05, 0.1) is 13.2 Å². The molecule has 0 radical (unpaired) electrons. The van der Waals surface area contributed by atoms with E-state index in [4.69, 9.17) is 4.74 Å². The van der Waals surface area contributed by atoms with Gasteiger partial charge in [-0.1, -0.05) is 6.07 Å². The first-order chi connectivity index (χ1) is 9.16. The first-order valence-electron chi connectivity index (χ1n) is 6.91. The lowest BCUT2D eigenvalue weighted by Gasteiger charge is -2.15. The summed E-state index contributed by atoms with van der Waals surface area (Å²) in [5.74, 6) is -0.133. The Morgan fingerprint density at radius 2 is 2.21 bits per heavy atom. The Kier molecular flexibility index (Phi) is 5.31. The molecule has 0 heterocycles. The Hall–Kier alpha value is -0.970. The predicted molar refractivity (Wildman–Crippen MR) is 74.8 cm³/mol. The molecular weight excluding hydrogens is 243 g/mol. The third-order valence-electron chi connectivity index (χ3n) is 3.50. The Bertz CT molecular complexity index is 409. The van der Waals surface area contributed by atoms with Gasteiger partial charge in [-0.15, -0.1) is 0 Å². The molecule has 0 spiro atoms. The van der Waals surface area contributed by atoms with Gasteiger partial charge in [-0.3, -0.25) is 0 Å². The van der Waals surface area contributed by atoms with Gasteiger partial charge in [0.25, 0.3) is 0 Å². The fourth-order valence-corrected chi connectivity index (χ4v) is 2.45. The molecule has 0 saturated carbocycles. The molecule has 1 aromatic rings. The van der Waals surface area contributed by atoms with Crippen LogP contribution in [0.25, 0.3) is 0 Å². The molecule has 1 aliphatic carbocycles. The summed E-state index contributed by atoms with van der Waals surface area (Å²) < 4.78 is 18.6. The van der Waals surface area contributed by atoms with Gasteiger partial charge >= 0.3 is 0 Å². The highest BCUT2D eigenvalue weighted by Crippen LogP contribution is 2.31. The summed E-state index contributed by atoms with van der Waals surface area (Å²) in [6, 6.07) is 5.47. The molecular formula is C15H23FN2O. The van der Waals surface area contributed by atoms with E-state index in [9.17, 15) is 4.39 Å². The topological polar surface area (TPSA) is 24.5 Å². The fourth-order valence-electron chi connectivity index (χ4n) is 2.45. The van der Waals surface area contributed by atoms with Crippen LogP contribution in [0.15, 0.2) is 18.2 Å². The molecule has 0 fully saturated rings. The lowest BCUT2D eigenvalue weighted by molar-refractivity contribution is 0.117. The van der Waals surface area contributed by atoms with E-state index in [1.165, 1.54) is 5.56 Å². The van der Waals surface area contributed by atoms with Crippen molar-refractivity contribution in [1.29, 1.82) is 0 Å². The molecule has 1 unspecified atom stereocenters. The summed E-state index contributed by atoms with van der Waals surface area (Å²) in [7, 11) is 4.08. The minimum atomic E-state index is -0.133. The van der Waals surface area contributed by atoms with Gasteiger partial charge in [0.2, 0.25) is 0 Å². The van der Waals surface area contributed by atoms with E-state index in [0.717, 1.165) is 44.7 Å². The van der Waals surface area contributed by atoms with E-state index >= 15 is 0 Å². The van der Waals surface area contributed by atoms with Crippen LogP contribution < -0.4 is 5.32 Å². The van der Waals surface area contributed by atoms with Gasteiger partial charge in [0.15, 0.2) is 0 Å². The van der Waals surface area contributed by atoms with Crippen LogP contribution in [-0.2, 0) is 11.2 Å². The summed E-state index contributed by atoms with van der Waals surface area (Å²) in [6.45, 7) is 3.28. The summed E-state index contributed by atoms with van der Waals surface area (Å²) in [5.41, 5.74) is 2.39. The summed E-state index contributed by atoms with van der Waals surface area (Å²) >= 11 is 0. The maximum atomic E-state index is 13.1. The van der Waals surface area contributed by atoms with Crippen molar-refractivity contribution in [3.8, 4) is 0 Å². The molecule has 19 heavy (non-hydrogen) atoms. The number of nitrogens with zero attached hydrogens (tertiary/aromatic N) is 1. The second-order valence-electron chi connectivity index (χ2n) is 5.30. The van der Waals surface area contributed by atoms with Gasteiger partial charge in [0, 0.05) is 19.1 Å². The minimum absolute atomic E-state index is 0.133. The molecule has 0 saturated heterocycles. The van der Waals surface area contributed by atoms with Crippen molar-refractivity contribution >= 4 is 0 Å². The maximum absolute atomic E-state index is 13.1. The van der Waals surface area contributed by atoms with E-state index < -0.39 is 0 Å². The van der Waals surface area contributed by atoms with Crippen LogP contribution in [-0.4, -0.2) is 45.3 Å². The fraction of sp³-hybridized carbons (Fsp3) is 0.600. The lowest BCUT2D eigenvalue weighted by atomic mass is 10.1. The van der Waals surface area contributed by atoms with Crippen molar-refractivity contribution in [2.75, 3.05) is 40.4 Å². The number of halogens is 1. The number of likely N-dealkylation sites (N-methyl/N-ethyl adjacent to an activating group) is 1. The summed E-state index contributed by atoms with van der Waals surface area (Å²) in [5, 5.41) is 3.48. The standard InChI is InChI=1S/C15H23FN2O/c1-18(2)8-10-19-9-7-17-15-6-3-12-11-13(16)4-5-14(12)15/h4-5,11,15,17H,3,6-10H2,1-2H3. The monoisotopic (exact) mass is 266 g/mol. The van der Waals surface area contributed by atoms with Crippen LogP contribution in [0.1, 0.15) is 23.6 Å². The number of rotatable bonds is 7. The number of hydrogen-bond acceptors (Lipinski definition) is 3. The second kappa shape index (κ2) is 6.98. The highest BCUT2D eigenvalue weighted by molar-refractivity contribution is 5.34. The van der Waals surface area contributed by atoms with Crippen LogP contribution in [0, 0.1) is 5.82 Å². The molecule has 0 amide bonds. The van der Waals surface area contributed by atoms with Gasteiger partial charge in [-0.25, -0.2) is 4.39 Å². The Balaban J connectivity index is 1.69. The van der Waals surface area contributed by atoms with Crippen LogP contribution >= 0.6 is 0 Å². The number of nitrogens with one attached hydrogen (secondary N) is 1. The Labute approximate surface area is 114 Å². The third kappa shape index (κ3) is 4.27. The molecule has 4 heteroatoms. The van der Waals surface area contributed by atoms with Crippen molar-refractivity contribution in [2.24, 2.45) is 0 Å². The normalized spacial score (nSPS) is 18.0. The molecule has 1 aliphatic rings. The third-order valence-corrected chi connectivity index (χ3v) is 3.50. The summed E-state index contributed by atoms with van der Waals surface area (Å²) in [6.07, 6.45) is 2.02. The SMILES string of the molecule is CN(C)CCOCCNC1CCc2cc(F)ccc21. The molecule has 2 rings (SSSR count). The highest BCUT2D eigenvalue weighted by Gasteiger charge is 2.21. The van der Waals surface area contributed by atoms with Crippen molar-refractivity contribution in [3.05, 3.63) is 35.1 Å². The maximum Gasteiger partial charge on any atom is 0.123 e. The Morgan fingerprint density at radius 3 is 3.00 bits per heavy atom. The van der Waals surface area contributed by atoms with E-state index in [0.29, 0.717) is 6.04 Å². The van der Waals surface area contributed by atoms with Crippen LogP contribution in [0.3, 0.4) is 0 Å². The Morgan fingerprint density at radius 1 is 1.37 bits per heavy atom. The number of hydrogen-bond donors (Lipinski definition) is 1. The summed E-state index contributed by atoms with van der Waals surface area (Å²) in [4.78, 5) is 2.11. The molecule has 3 nitrogen and oxygen atoms in total. The zero-order chi connectivity index (χ0) is 13.7. The zero-order valence-corrected chi connectivity index (χ0v) is 11.8. The second-order valence-corrected chi connectivity index (χ2v) is 5.30. The number of aryl methyl sites for hydroxylation is 1. The van der Waals surface area contributed by atoms with Crippen molar-refractivity contribution in [2.45, 2.75) is 18.9 Å². The van der Waals surface area contributed by atoms with Crippen molar-refractivity contribution in [1.82, 2.24) is 10.2 Å². The number of ether oxygens (including phenoxy) is 1. The van der Waals surface area contributed by atoms with E-state index in [-0.39, 0.29) is 5.82 Å². The lowest BCUT2D eigenvalue weighted by Crippen LogP contribution is -2.25. The van der Waals surface area contributed by atoms with E-state index in [1.54, 1.807) is 12.1 Å². The van der Waals surface area contributed by atoms with Crippen LogP contribution in [0.4, 0.5) is 4.39 Å². The van der Waals surface area contributed by atoms with E-state index in [1.807, 2.05) is 20.2 Å². The van der Waals surface area contributed by atoms with Gasteiger partial charge in [-0.05, 0) is 50.2 Å². The average Bonchev–Trinajstić information content (AvgIpc) is 2.75. The molecule has 0 aliphatic heterocycles. The quantitative estimate of drug-likeness (QED) is 0.764. The number of fused-ring (bicyclic) bond motifs is 1. The van der Waals surface area contributed by atoms with Crippen molar-refractivity contribution in [3.63, 3.8) is 0 Å². The minimum Gasteiger partial charge on any atom is -0.379 e. The molecule has 1 N–H and O–H groups in total. The number of benzene rings is 1. The first-order valence-corrected chi connectivity index (χ1v) is 6.91. The predicted octanol–water partition coefficient (Wildman–Crippen LogP) is 1.98. The molecule has 1 aromatic carbocycles. The first kappa shape index (κ1) is 14.4. The average molecular weight is 266 g/mol. The van der Waals surface area contributed by atoms with Gasteiger partial charge in [0.1, 0.15) is 5.82 Å². The molecule has 1 atom stereocenters. The van der Waals surface area contributed by atoms with Crippen molar-refractivity contribution < 1.29 is 9.13 Å². The highest BCUT2D eigenvalue weighted by atomic mass is 19.1. The van der Waals surface area contributed by atoms with Gasteiger partial charge in [-0.2, -0.15) is 0 Å². The van der Waals surface area contributed by atoms with E-state index in [2.05, 4.69) is 10.2 Å². The van der Waals surface area contributed by atoms with Crippen LogP contribution in [0.5, 0.6) is 0 Å². The molecule has 106 valence electrons. The largest absolute Gasteiger partial charge is 0.379 e. The molecule has 0 bridgehead atoms. The smallest absolute Gasteiger partial charge is 0.123 e. The zero-order valence-electron chi connectivity index (χ0n) is 11.8.